The number of hydrogen-bond donors (Lipinski definition) is 3. The van der Waals surface area contributed by atoms with Gasteiger partial charge in [0.05, 0.1) is 5.60 Å². The second kappa shape index (κ2) is 7.99. The molecule has 1 aromatic carbocycles. The number of aliphatic hydroxyl groups is 1. The molecule has 0 unspecified atom stereocenters. The van der Waals surface area contributed by atoms with Crippen LogP contribution in [0.2, 0.25) is 0 Å². The Morgan fingerprint density at radius 1 is 1.17 bits per heavy atom. The SMILES string of the molecule is O=C(NCCCN1CCc2ccccc2C1)NCC1(O)CCCC1. The second-order valence-electron chi connectivity index (χ2n) is 7.19. The van der Waals surface area contributed by atoms with Crippen molar-refractivity contribution in [2.75, 3.05) is 26.2 Å². The van der Waals surface area contributed by atoms with Crippen molar-refractivity contribution in [2.45, 2.75) is 50.7 Å². The highest BCUT2D eigenvalue weighted by atomic mass is 16.3. The number of nitrogens with zero attached hydrogens (tertiary/aromatic N) is 1. The summed E-state index contributed by atoms with van der Waals surface area (Å²) >= 11 is 0. The van der Waals surface area contributed by atoms with Gasteiger partial charge in [-0.2, -0.15) is 0 Å². The van der Waals surface area contributed by atoms with E-state index < -0.39 is 5.60 Å². The van der Waals surface area contributed by atoms with Gasteiger partial charge in [-0.3, -0.25) is 4.90 Å². The zero-order valence-corrected chi connectivity index (χ0v) is 14.4. The molecule has 1 heterocycles. The van der Waals surface area contributed by atoms with E-state index in [0.717, 1.165) is 58.2 Å². The third kappa shape index (κ3) is 4.71. The maximum Gasteiger partial charge on any atom is 0.314 e. The lowest BCUT2D eigenvalue weighted by Gasteiger charge is -2.28. The van der Waals surface area contributed by atoms with Crippen LogP contribution >= 0.6 is 0 Å². The van der Waals surface area contributed by atoms with E-state index in [9.17, 15) is 9.90 Å². The summed E-state index contributed by atoms with van der Waals surface area (Å²) in [6, 6.07) is 8.47. The van der Waals surface area contributed by atoms with Gasteiger partial charge in [0.2, 0.25) is 0 Å². The smallest absolute Gasteiger partial charge is 0.314 e. The molecule has 1 fully saturated rings. The van der Waals surface area contributed by atoms with Crippen molar-refractivity contribution in [1.82, 2.24) is 15.5 Å². The van der Waals surface area contributed by atoms with E-state index in [1.165, 1.54) is 11.1 Å². The van der Waals surface area contributed by atoms with Crippen molar-refractivity contribution in [1.29, 1.82) is 0 Å². The van der Waals surface area contributed by atoms with Crippen molar-refractivity contribution in [3.8, 4) is 0 Å². The molecule has 3 N–H and O–H groups in total. The summed E-state index contributed by atoms with van der Waals surface area (Å²) in [6.45, 7) is 4.13. The molecule has 1 aliphatic heterocycles. The van der Waals surface area contributed by atoms with Gasteiger partial charge in [0, 0.05) is 32.7 Å². The van der Waals surface area contributed by atoms with Crippen LogP contribution in [0, 0.1) is 0 Å². The van der Waals surface area contributed by atoms with E-state index in [0.29, 0.717) is 13.1 Å². The van der Waals surface area contributed by atoms with Crippen LogP contribution in [0.4, 0.5) is 4.79 Å². The Labute approximate surface area is 144 Å². The molecule has 0 atom stereocenters. The summed E-state index contributed by atoms with van der Waals surface area (Å²) in [6.07, 6.45) is 5.76. The summed E-state index contributed by atoms with van der Waals surface area (Å²) in [5.41, 5.74) is 2.22. The van der Waals surface area contributed by atoms with E-state index >= 15 is 0 Å². The first-order chi connectivity index (χ1) is 11.6. The van der Waals surface area contributed by atoms with Crippen LogP contribution in [0.5, 0.6) is 0 Å². The first kappa shape index (κ1) is 17.2. The molecule has 24 heavy (non-hydrogen) atoms. The molecular formula is C19H29N3O2. The Kier molecular flexibility index (Phi) is 5.74. The highest BCUT2D eigenvalue weighted by molar-refractivity contribution is 5.73. The third-order valence-electron chi connectivity index (χ3n) is 5.26. The van der Waals surface area contributed by atoms with Gasteiger partial charge in [-0.1, -0.05) is 37.1 Å². The molecule has 0 saturated heterocycles. The fourth-order valence-corrected chi connectivity index (χ4v) is 3.77. The standard InChI is InChI=1S/C19H29N3O2/c23-18(21-15-19(24)9-3-4-10-19)20-11-5-12-22-13-8-16-6-1-2-7-17(16)14-22/h1-2,6-7,24H,3-5,8-15H2,(H2,20,21,23). The van der Waals surface area contributed by atoms with Crippen LogP contribution < -0.4 is 10.6 Å². The number of amides is 2. The Morgan fingerprint density at radius 3 is 2.71 bits per heavy atom. The summed E-state index contributed by atoms with van der Waals surface area (Å²) < 4.78 is 0. The van der Waals surface area contributed by atoms with Crippen molar-refractivity contribution in [2.24, 2.45) is 0 Å². The first-order valence-corrected chi connectivity index (χ1v) is 9.18. The van der Waals surface area contributed by atoms with Gasteiger partial charge in [0.25, 0.3) is 0 Å². The van der Waals surface area contributed by atoms with Crippen LogP contribution in [-0.4, -0.2) is 47.8 Å². The summed E-state index contributed by atoms with van der Waals surface area (Å²) in [7, 11) is 0. The predicted octanol–water partition coefficient (Wildman–Crippen LogP) is 2.04. The number of fused-ring (bicyclic) bond motifs is 1. The van der Waals surface area contributed by atoms with E-state index in [1.54, 1.807) is 0 Å². The number of nitrogens with one attached hydrogen (secondary N) is 2. The number of urea groups is 1. The van der Waals surface area contributed by atoms with E-state index in [1.807, 2.05) is 0 Å². The second-order valence-corrected chi connectivity index (χ2v) is 7.19. The lowest BCUT2D eigenvalue weighted by molar-refractivity contribution is 0.0501. The molecule has 2 aliphatic rings. The van der Waals surface area contributed by atoms with E-state index in [2.05, 4.69) is 39.8 Å². The molecule has 2 amide bonds. The maximum atomic E-state index is 11.8. The fourth-order valence-electron chi connectivity index (χ4n) is 3.77. The number of benzene rings is 1. The van der Waals surface area contributed by atoms with Gasteiger partial charge in [-0.25, -0.2) is 4.79 Å². The third-order valence-corrected chi connectivity index (χ3v) is 5.26. The monoisotopic (exact) mass is 331 g/mol. The summed E-state index contributed by atoms with van der Waals surface area (Å²) in [4.78, 5) is 14.3. The van der Waals surface area contributed by atoms with Crippen molar-refractivity contribution in [3.05, 3.63) is 35.4 Å². The number of rotatable bonds is 6. The normalized spacial score (nSPS) is 19.7. The number of carbonyl (C=O) groups excluding carboxylic acids is 1. The molecule has 0 aromatic heterocycles. The summed E-state index contributed by atoms with van der Waals surface area (Å²) in [5.74, 6) is 0. The largest absolute Gasteiger partial charge is 0.388 e. The quantitative estimate of drug-likeness (QED) is 0.699. The van der Waals surface area contributed by atoms with Crippen LogP contribution in [0.25, 0.3) is 0 Å². The Bertz CT molecular complexity index is 555. The molecule has 132 valence electrons. The van der Waals surface area contributed by atoms with Gasteiger partial charge in [-0.05, 0) is 36.8 Å². The van der Waals surface area contributed by atoms with Crippen LogP contribution in [-0.2, 0) is 13.0 Å². The zero-order valence-electron chi connectivity index (χ0n) is 14.4. The van der Waals surface area contributed by atoms with Gasteiger partial charge in [0.1, 0.15) is 0 Å². The predicted molar refractivity (Wildman–Crippen MR) is 94.9 cm³/mol. The minimum atomic E-state index is -0.682. The molecule has 5 heteroatoms. The topological polar surface area (TPSA) is 64.6 Å². The molecule has 1 aromatic rings. The zero-order chi connectivity index (χ0) is 16.8. The Hall–Kier alpha value is -1.59. The molecule has 0 radical (unpaired) electrons. The van der Waals surface area contributed by atoms with Gasteiger partial charge >= 0.3 is 6.03 Å². The highest BCUT2D eigenvalue weighted by Crippen LogP contribution is 2.28. The lowest BCUT2D eigenvalue weighted by atomic mass is 10.00. The minimum absolute atomic E-state index is 0.167. The Balaban J connectivity index is 1.29. The van der Waals surface area contributed by atoms with E-state index in [4.69, 9.17) is 0 Å². The Morgan fingerprint density at radius 2 is 1.92 bits per heavy atom. The lowest BCUT2D eigenvalue weighted by Crippen LogP contribution is -2.45. The molecule has 0 bridgehead atoms. The fraction of sp³-hybridized carbons (Fsp3) is 0.632. The molecular weight excluding hydrogens is 302 g/mol. The van der Waals surface area contributed by atoms with Gasteiger partial charge in [-0.15, -0.1) is 0 Å². The van der Waals surface area contributed by atoms with E-state index in [-0.39, 0.29) is 6.03 Å². The van der Waals surface area contributed by atoms with Crippen LogP contribution in [0.15, 0.2) is 24.3 Å². The van der Waals surface area contributed by atoms with Crippen molar-refractivity contribution in [3.63, 3.8) is 0 Å². The first-order valence-electron chi connectivity index (χ1n) is 9.18. The number of carbonyl (C=O) groups is 1. The van der Waals surface area contributed by atoms with Crippen molar-refractivity contribution < 1.29 is 9.90 Å². The molecule has 0 spiro atoms. The molecule has 1 saturated carbocycles. The molecule has 1 aliphatic carbocycles. The van der Waals surface area contributed by atoms with Gasteiger partial charge < -0.3 is 15.7 Å². The molecule has 3 rings (SSSR count). The van der Waals surface area contributed by atoms with Crippen LogP contribution in [0.1, 0.15) is 43.2 Å². The average molecular weight is 331 g/mol. The van der Waals surface area contributed by atoms with Crippen LogP contribution in [0.3, 0.4) is 0 Å². The minimum Gasteiger partial charge on any atom is -0.388 e. The van der Waals surface area contributed by atoms with Crippen molar-refractivity contribution >= 4 is 6.03 Å². The average Bonchev–Trinajstić information content (AvgIpc) is 3.04. The maximum absolute atomic E-state index is 11.8. The summed E-state index contributed by atoms with van der Waals surface area (Å²) in [5, 5.41) is 15.9. The molecule has 5 nitrogen and oxygen atoms in total. The number of hydrogen-bond acceptors (Lipinski definition) is 3. The highest BCUT2D eigenvalue weighted by Gasteiger charge is 2.31. The van der Waals surface area contributed by atoms with Gasteiger partial charge in [0.15, 0.2) is 0 Å².